The van der Waals surface area contributed by atoms with E-state index in [1.54, 1.807) is 19.2 Å². The fourth-order valence-corrected chi connectivity index (χ4v) is 2.47. The minimum absolute atomic E-state index is 0.112. The van der Waals surface area contributed by atoms with Crippen molar-refractivity contribution in [2.24, 2.45) is 14.1 Å². The molecule has 1 aromatic carbocycles. The molecule has 0 aliphatic heterocycles. The molecule has 1 heterocycles. The second-order valence-corrected chi connectivity index (χ2v) is 6.02. The Kier molecular flexibility index (Phi) is 7.59. The number of aromatic nitrogens is 2. The molecule has 0 aliphatic rings. The predicted molar refractivity (Wildman–Crippen MR) is 102 cm³/mol. The molecule has 148 valence electrons. The summed E-state index contributed by atoms with van der Waals surface area (Å²) in [5.74, 6) is 1.04. The van der Waals surface area contributed by atoms with Crippen molar-refractivity contribution < 1.29 is 14.6 Å². The van der Waals surface area contributed by atoms with E-state index in [1.807, 2.05) is 18.2 Å². The van der Waals surface area contributed by atoms with Gasteiger partial charge in [-0.15, -0.1) is 0 Å². The zero-order valence-electron chi connectivity index (χ0n) is 15.7. The van der Waals surface area contributed by atoms with Crippen LogP contribution < -0.4 is 26.6 Å². The normalized spacial score (nSPS) is 13.2. The van der Waals surface area contributed by atoms with Crippen LogP contribution in [0.15, 0.2) is 46.0 Å². The number of hydrogen-bond acceptors (Lipinski definition) is 7. The Hall–Kier alpha value is -2.62. The quantitative estimate of drug-likeness (QED) is 0.378. The number of anilines is 1. The van der Waals surface area contributed by atoms with Gasteiger partial charge in [-0.3, -0.25) is 19.2 Å². The first-order valence-electron chi connectivity index (χ1n) is 8.57. The van der Waals surface area contributed by atoms with E-state index in [-0.39, 0.29) is 12.2 Å². The fraction of sp³-hybridized carbons (Fsp3) is 0.444. The van der Waals surface area contributed by atoms with Crippen LogP contribution in [0.4, 0.5) is 5.82 Å². The van der Waals surface area contributed by atoms with Crippen molar-refractivity contribution in [3.05, 3.63) is 57.2 Å². The van der Waals surface area contributed by atoms with Gasteiger partial charge in [0.15, 0.2) is 6.23 Å². The number of methoxy groups -OCH3 is 1. The SMILES string of the molecule is COCC(O)C(NCCNc1cc(=O)n(C)c(=O)n1C)Oc1ccccc1. The lowest BCUT2D eigenvalue weighted by Gasteiger charge is -2.25. The molecular weight excluding hydrogens is 352 g/mol. The van der Waals surface area contributed by atoms with E-state index in [0.717, 1.165) is 4.57 Å². The van der Waals surface area contributed by atoms with Gasteiger partial charge in [0.1, 0.15) is 17.7 Å². The standard InChI is InChI=1S/C18H26N4O5/c1-21-15(11-16(24)22(2)18(21)25)19-9-10-20-17(14(23)12-26-3)27-13-7-5-4-6-8-13/h4-8,11,14,17,19-20,23H,9-10,12H2,1-3H3. The number of para-hydroxylation sites is 1. The van der Waals surface area contributed by atoms with Gasteiger partial charge in [-0.2, -0.15) is 0 Å². The van der Waals surface area contributed by atoms with Gasteiger partial charge in [0, 0.05) is 40.4 Å². The monoisotopic (exact) mass is 378 g/mol. The van der Waals surface area contributed by atoms with Crippen LogP contribution in [0.25, 0.3) is 0 Å². The lowest BCUT2D eigenvalue weighted by molar-refractivity contribution is -0.0277. The van der Waals surface area contributed by atoms with Crippen molar-refractivity contribution in [3.63, 3.8) is 0 Å². The van der Waals surface area contributed by atoms with Crippen LogP contribution in [-0.4, -0.2) is 53.4 Å². The van der Waals surface area contributed by atoms with Gasteiger partial charge in [0.05, 0.1) is 6.61 Å². The number of nitrogens with zero attached hydrogens (tertiary/aromatic N) is 2. The first kappa shape index (κ1) is 20.7. The van der Waals surface area contributed by atoms with Gasteiger partial charge < -0.3 is 19.9 Å². The third-order valence-corrected chi connectivity index (χ3v) is 4.00. The number of ether oxygens (including phenoxy) is 2. The second kappa shape index (κ2) is 9.91. The summed E-state index contributed by atoms with van der Waals surface area (Å²) in [6.45, 7) is 0.942. The van der Waals surface area contributed by atoms with Gasteiger partial charge >= 0.3 is 5.69 Å². The summed E-state index contributed by atoms with van der Waals surface area (Å²) in [6, 6.07) is 10.5. The van der Waals surface area contributed by atoms with Crippen LogP contribution >= 0.6 is 0 Å². The largest absolute Gasteiger partial charge is 0.472 e. The number of rotatable bonds is 10. The summed E-state index contributed by atoms with van der Waals surface area (Å²) in [7, 11) is 4.51. The highest BCUT2D eigenvalue weighted by molar-refractivity contribution is 5.33. The average Bonchev–Trinajstić information content (AvgIpc) is 2.67. The van der Waals surface area contributed by atoms with Crippen LogP contribution in [0.5, 0.6) is 5.75 Å². The van der Waals surface area contributed by atoms with Crippen LogP contribution in [0, 0.1) is 0 Å². The third-order valence-electron chi connectivity index (χ3n) is 4.00. The van der Waals surface area contributed by atoms with E-state index < -0.39 is 18.0 Å². The summed E-state index contributed by atoms with van der Waals surface area (Å²) >= 11 is 0. The summed E-state index contributed by atoms with van der Waals surface area (Å²) in [5.41, 5.74) is -0.784. The molecule has 0 spiro atoms. The summed E-state index contributed by atoms with van der Waals surface area (Å²) in [6.07, 6.45) is -1.55. The van der Waals surface area contributed by atoms with Gasteiger partial charge in [-0.1, -0.05) is 18.2 Å². The summed E-state index contributed by atoms with van der Waals surface area (Å²) in [4.78, 5) is 23.7. The topological polar surface area (TPSA) is 107 Å². The van der Waals surface area contributed by atoms with Gasteiger partial charge in [0.25, 0.3) is 5.56 Å². The molecule has 0 fully saturated rings. The number of nitrogens with one attached hydrogen (secondary N) is 2. The van der Waals surface area contributed by atoms with Crippen molar-refractivity contribution in [1.82, 2.24) is 14.5 Å². The molecule has 0 radical (unpaired) electrons. The minimum atomic E-state index is -0.872. The first-order chi connectivity index (χ1) is 12.9. The average molecular weight is 378 g/mol. The number of aliphatic hydroxyl groups excluding tert-OH is 1. The maximum absolute atomic E-state index is 11.9. The molecule has 2 atom stereocenters. The smallest absolute Gasteiger partial charge is 0.332 e. The van der Waals surface area contributed by atoms with Crippen LogP contribution in [0.3, 0.4) is 0 Å². The molecule has 2 rings (SSSR count). The van der Waals surface area contributed by atoms with Crippen LogP contribution in [0.2, 0.25) is 0 Å². The predicted octanol–water partition coefficient (Wildman–Crippen LogP) is -0.502. The highest BCUT2D eigenvalue weighted by Crippen LogP contribution is 2.11. The molecule has 2 unspecified atom stereocenters. The molecule has 3 N–H and O–H groups in total. The Morgan fingerprint density at radius 3 is 2.48 bits per heavy atom. The number of benzene rings is 1. The molecule has 0 bridgehead atoms. The molecule has 1 aromatic heterocycles. The van der Waals surface area contributed by atoms with E-state index in [4.69, 9.17) is 9.47 Å². The maximum atomic E-state index is 11.9. The fourth-order valence-electron chi connectivity index (χ4n) is 2.47. The Labute approximate surface area is 157 Å². The number of hydrogen-bond donors (Lipinski definition) is 3. The molecule has 9 heteroatoms. The second-order valence-electron chi connectivity index (χ2n) is 6.02. The Morgan fingerprint density at radius 2 is 1.81 bits per heavy atom. The van der Waals surface area contributed by atoms with Crippen LogP contribution in [0.1, 0.15) is 0 Å². The van der Waals surface area contributed by atoms with Crippen molar-refractivity contribution in [2.75, 3.05) is 32.1 Å². The van der Waals surface area contributed by atoms with E-state index >= 15 is 0 Å². The van der Waals surface area contributed by atoms with E-state index in [9.17, 15) is 14.7 Å². The molecular formula is C18H26N4O5. The lowest BCUT2D eigenvalue weighted by Crippen LogP contribution is -2.48. The van der Waals surface area contributed by atoms with Crippen molar-refractivity contribution >= 4 is 5.82 Å². The molecule has 27 heavy (non-hydrogen) atoms. The third kappa shape index (κ3) is 5.68. The summed E-state index contributed by atoms with van der Waals surface area (Å²) in [5, 5.41) is 16.3. The van der Waals surface area contributed by atoms with Crippen LogP contribution in [-0.2, 0) is 18.8 Å². The number of aliphatic hydroxyl groups is 1. The Morgan fingerprint density at radius 1 is 1.11 bits per heavy atom. The first-order valence-corrected chi connectivity index (χ1v) is 8.57. The highest BCUT2D eigenvalue weighted by Gasteiger charge is 2.20. The Bertz CT molecular complexity index is 834. The summed E-state index contributed by atoms with van der Waals surface area (Å²) < 4.78 is 13.2. The van der Waals surface area contributed by atoms with Gasteiger partial charge in [0.2, 0.25) is 0 Å². The zero-order valence-corrected chi connectivity index (χ0v) is 15.7. The van der Waals surface area contributed by atoms with E-state index in [1.165, 1.54) is 24.8 Å². The Balaban J connectivity index is 1.95. The zero-order chi connectivity index (χ0) is 19.8. The molecule has 0 saturated heterocycles. The van der Waals surface area contributed by atoms with Gasteiger partial charge in [-0.25, -0.2) is 4.79 Å². The van der Waals surface area contributed by atoms with Crippen molar-refractivity contribution in [1.29, 1.82) is 0 Å². The maximum Gasteiger partial charge on any atom is 0.332 e. The molecule has 9 nitrogen and oxygen atoms in total. The molecule has 0 aliphatic carbocycles. The minimum Gasteiger partial charge on any atom is -0.472 e. The van der Waals surface area contributed by atoms with Crippen molar-refractivity contribution in [2.45, 2.75) is 12.3 Å². The van der Waals surface area contributed by atoms with Crippen molar-refractivity contribution in [3.8, 4) is 5.75 Å². The molecule has 0 saturated carbocycles. The molecule has 2 aromatic rings. The van der Waals surface area contributed by atoms with Gasteiger partial charge in [-0.05, 0) is 12.1 Å². The van der Waals surface area contributed by atoms with E-state index in [2.05, 4.69) is 10.6 Å². The lowest BCUT2D eigenvalue weighted by atomic mass is 10.3. The highest BCUT2D eigenvalue weighted by atomic mass is 16.5. The molecule has 0 amide bonds. The van der Waals surface area contributed by atoms with E-state index in [0.29, 0.717) is 24.7 Å².